The number of anilines is 1. The van der Waals surface area contributed by atoms with Crippen LogP contribution in [0.3, 0.4) is 0 Å². The van der Waals surface area contributed by atoms with Gasteiger partial charge < -0.3 is 5.32 Å². The number of halogens is 2. The molecule has 2 heterocycles. The SMILES string of the molecule is Cn1c(SCC(=O)Nc2ccc(F)c(Cl)c2)nc2sc3c(c2c1=O)CCC3. The Labute approximate surface area is 167 Å². The smallest absolute Gasteiger partial charge is 0.262 e. The van der Waals surface area contributed by atoms with Crippen molar-refractivity contribution in [1.82, 2.24) is 9.55 Å². The number of hydrogen-bond acceptors (Lipinski definition) is 5. The van der Waals surface area contributed by atoms with Crippen molar-refractivity contribution in [3.8, 4) is 0 Å². The lowest BCUT2D eigenvalue weighted by Crippen LogP contribution is -2.21. The second-order valence-corrected chi connectivity index (χ2v) is 8.70. The zero-order chi connectivity index (χ0) is 19.1. The molecule has 1 N–H and O–H groups in total. The predicted molar refractivity (Wildman–Crippen MR) is 108 cm³/mol. The number of thiophene rings is 1. The molecule has 1 amide bonds. The number of thioether (sulfide) groups is 1. The highest BCUT2D eigenvalue weighted by atomic mass is 35.5. The third-order valence-electron chi connectivity index (χ3n) is 4.44. The van der Waals surface area contributed by atoms with Crippen LogP contribution in [0, 0.1) is 5.82 Å². The second-order valence-electron chi connectivity index (χ2n) is 6.26. The minimum Gasteiger partial charge on any atom is -0.325 e. The number of rotatable bonds is 4. The van der Waals surface area contributed by atoms with Crippen molar-refractivity contribution in [2.24, 2.45) is 7.05 Å². The van der Waals surface area contributed by atoms with Gasteiger partial charge >= 0.3 is 0 Å². The average molecular weight is 424 g/mol. The summed E-state index contributed by atoms with van der Waals surface area (Å²) in [5.41, 5.74) is 1.50. The van der Waals surface area contributed by atoms with Gasteiger partial charge in [-0.25, -0.2) is 9.37 Å². The van der Waals surface area contributed by atoms with E-state index >= 15 is 0 Å². The van der Waals surface area contributed by atoms with E-state index in [1.165, 1.54) is 39.4 Å². The third kappa shape index (κ3) is 3.49. The van der Waals surface area contributed by atoms with Crippen molar-refractivity contribution >= 4 is 56.5 Å². The largest absolute Gasteiger partial charge is 0.325 e. The molecule has 0 fully saturated rings. The molecule has 0 bridgehead atoms. The molecule has 4 rings (SSSR count). The van der Waals surface area contributed by atoms with Crippen LogP contribution in [0.25, 0.3) is 10.2 Å². The maximum atomic E-state index is 13.2. The number of carbonyl (C=O) groups is 1. The molecule has 27 heavy (non-hydrogen) atoms. The summed E-state index contributed by atoms with van der Waals surface area (Å²) >= 11 is 8.48. The molecule has 0 radical (unpaired) electrons. The Morgan fingerprint density at radius 2 is 2.26 bits per heavy atom. The zero-order valence-electron chi connectivity index (χ0n) is 14.3. The molecule has 0 unspecified atom stereocenters. The number of carbonyl (C=O) groups excluding carboxylic acids is 1. The predicted octanol–water partition coefficient (Wildman–Crippen LogP) is 4.01. The average Bonchev–Trinajstić information content (AvgIpc) is 3.20. The Morgan fingerprint density at radius 1 is 1.44 bits per heavy atom. The molecule has 1 aromatic carbocycles. The van der Waals surface area contributed by atoms with Crippen LogP contribution in [0.2, 0.25) is 5.02 Å². The Hall–Kier alpha value is -1.90. The highest BCUT2D eigenvalue weighted by molar-refractivity contribution is 7.99. The highest BCUT2D eigenvalue weighted by Gasteiger charge is 2.22. The first-order chi connectivity index (χ1) is 12.9. The van der Waals surface area contributed by atoms with Gasteiger partial charge in [0.25, 0.3) is 5.56 Å². The number of hydrogen-bond donors (Lipinski definition) is 1. The van der Waals surface area contributed by atoms with Crippen molar-refractivity contribution in [3.63, 3.8) is 0 Å². The lowest BCUT2D eigenvalue weighted by Gasteiger charge is -2.08. The molecular weight excluding hydrogens is 409 g/mol. The van der Waals surface area contributed by atoms with Gasteiger partial charge in [0, 0.05) is 17.6 Å². The first-order valence-corrected chi connectivity index (χ1v) is 10.5. The van der Waals surface area contributed by atoms with E-state index in [0.717, 1.165) is 35.0 Å². The van der Waals surface area contributed by atoms with E-state index in [9.17, 15) is 14.0 Å². The molecule has 0 aliphatic heterocycles. The van der Waals surface area contributed by atoms with Crippen LogP contribution < -0.4 is 10.9 Å². The topological polar surface area (TPSA) is 64.0 Å². The number of aryl methyl sites for hydroxylation is 2. The Bertz CT molecular complexity index is 1130. The maximum Gasteiger partial charge on any atom is 0.262 e. The van der Waals surface area contributed by atoms with Gasteiger partial charge in [0.15, 0.2) is 5.16 Å². The summed E-state index contributed by atoms with van der Waals surface area (Å²) in [7, 11) is 1.67. The van der Waals surface area contributed by atoms with E-state index in [1.807, 2.05) is 0 Å². The summed E-state index contributed by atoms with van der Waals surface area (Å²) in [5.74, 6) is -0.753. The Balaban J connectivity index is 1.52. The van der Waals surface area contributed by atoms with E-state index in [-0.39, 0.29) is 22.2 Å². The van der Waals surface area contributed by atoms with Gasteiger partial charge in [0.05, 0.1) is 16.2 Å². The lowest BCUT2D eigenvalue weighted by atomic mass is 10.2. The number of aromatic nitrogens is 2. The molecule has 1 aliphatic carbocycles. The molecule has 2 aromatic heterocycles. The first-order valence-electron chi connectivity index (χ1n) is 8.33. The quantitative estimate of drug-likeness (QED) is 0.508. The number of benzene rings is 1. The maximum absolute atomic E-state index is 13.2. The minimum atomic E-state index is -0.542. The molecular formula is C18H15ClFN3O2S2. The van der Waals surface area contributed by atoms with E-state index in [0.29, 0.717) is 10.8 Å². The molecule has 0 saturated carbocycles. The van der Waals surface area contributed by atoms with Gasteiger partial charge in [-0.1, -0.05) is 23.4 Å². The molecule has 3 aromatic rings. The van der Waals surface area contributed by atoms with Crippen molar-refractivity contribution < 1.29 is 9.18 Å². The summed E-state index contributed by atoms with van der Waals surface area (Å²) < 4.78 is 14.7. The molecule has 9 heteroatoms. The fraction of sp³-hybridized carbons (Fsp3) is 0.278. The van der Waals surface area contributed by atoms with E-state index in [1.54, 1.807) is 18.4 Å². The fourth-order valence-electron chi connectivity index (χ4n) is 3.14. The number of nitrogens with one attached hydrogen (secondary N) is 1. The van der Waals surface area contributed by atoms with Gasteiger partial charge in [-0.15, -0.1) is 11.3 Å². The van der Waals surface area contributed by atoms with Crippen LogP contribution in [0.5, 0.6) is 0 Å². The van der Waals surface area contributed by atoms with Crippen LogP contribution >= 0.6 is 34.7 Å². The molecule has 0 saturated heterocycles. The van der Waals surface area contributed by atoms with Crippen LogP contribution in [-0.4, -0.2) is 21.2 Å². The number of amides is 1. The Morgan fingerprint density at radius 3 is 3.04 bits per heavy atom. The first kappa shape index (κ1) is 18.5. The zero-order valence-corrected chi connectivity index (χ0v) is 16.7. The van der Waals surface area contributed by atoms with Crippen LogP contribution in [0.1, 0.15) is 16.9 Å². The van der Waals surface area contributed by atoms with E-state index in [2.05, 4.69) is 10.3 Å². The summed E-state index contributed by atoms with van der Waals surface area (Å²) in [4.78, 5) is 31.5. The van der Waals surface area contributed by atoms with Gasteiger partial charge in [-0.3, -0.25) is 14.2 Å². The lowest BCUT2D eigenvalue weighted by molar-refractivity contribution is -0.113. The van der Waals surface area contributed by atoms with E-state index < -0.39 is 5.82 Å². The third-order valence-corrected chi connectivity index (χ3v) is 6.95. The summed E-state index contributed by atoms with van der Waals surface area (Å²) in [5, 5.41) is 3.83. The molecule has 1 aliphatic rings. The monoisotopic (exact) mass is 423 g/mol. The van der Waals surface area contributed by atoms with Crippen molar-refractivity contribution in [2.75, 3.05) is 11.1 Å². The highest BCUT2D eigenvalue weighted by Crippen LogP contribution is 2.35. The molecule has 140 valence electrons. The minimum absolute atomic E-state index is 0.0549. The summed E-state index contributed by atoms with van der Waals surface area (Å²) in [6, 6.07) is 3.99. The normalized spacial score (nSPS) is 13.1. The van der Waals surface area contributed by atoms with Gasteiger partial charge in [0.1, 0.15) is 10.6 Å². The van der Waals surface area contributed by atoms with Crippen LogP contribution in [0.15, 0.2) is 28.2 Å². The van der Waals surface area contributed by atoms with Gasteiger partial charge in [-0.05, 0) is 43.0 Å². The summed E-state index contributed by atoms with van der Waals surface area (Å²) in [6.07, 6.45) is 3.02. The second kappa shape index (κ2) is 7.26. The fourth-order valence-corrected chi connectivity index (χ4v) is 5.39. The van der Waals surface area contributed by atoms with E-state index in [4.69, 9.17) is 11.6 Å². The molecule has 0 atom stereocenters. The van der Waals surface area contributed by atoms with Gasteiger partial charge in [0.2, 0.25) is 5.91 Å². The number of nitrogens with zero attached hydrogens (tertiary/aromatic N) is 2. The Kier molecular flexibility index (Phi) is 4.96. The molecule has 5 nitrogen and oxygen atoms in total. The standard InChI is InChI=1S/C18H15ClFN3O2S2/c1-23-17(25)15-10-3-2-4-13(10)27-16(15)22-18(23)26-8-14(24)21-9-5-6-12(20)11(19)7-9/h5-7H,2-4,8H2,1H3,(H,21,24). The van der Waals surface area contributed by atoms with Crippen molar-refractivity contribution in [2.45, 2.75) is 24.4 Å². The van der Waals surface area contributed by atoms with Crippen molar-refractivity contribution in [1.29, 1.82) is 0 Å². The number of fused-ring (bicyclic) bond motifs is 3. The molecule has 0 spiro atoms. The van der Waals surface area contributed by atoms with Crippen LogP contribution in [0.4, 0.5) is 10.1 Å². The summed E-state index contributed by atoms with van der Waals surface area (Å²) in [6.45, 7) is 0. The van der Waals surface area contributed by atoms with Crippen LogP contribution in [-0.2, 0) is 24.7 Å². The van der Waals surface area contributed by atoms with Gasteiger partial charge in [-0.2, -0.15) is 0 Å². The van der Waals surface area contributed by atoms with Crippen molar-refractivity contribution in [3.05, 3.63) is 49.8 Å².